The van der Waals surface area contributed by atoms with Crippen molar-refractivity contribution in [1.29, 1.82) is 0 Å². The van der Waals surface area contributed by atoms with E-state index in [1.54, 1.807) is 4.31 Å². The molecule has 0 aromatic rings. The van der Waals surface area contributed by atoms with E-state index >= 15 is 0 Å². The van der Waals surface area contributed by atoms with Gasteiger partial charge in [-0.05, 0) is 37.0 Å². The van der Waals surface area contributed by atoms with Gasteiger partial charge in [0.2, 0.25) is 10.0 Å². The predicted octanol–water partition coefficient (Wildman–Crippen LogP) is 3.62. The molecule has 0 aliphatic carbocycles. The molecule has 1 heterocycles. The summed E-state index contributed by atoms with van der Waals surface area (Å²) in [5, 5.41) is 1.96. The van der Waals surface area contributed by atoms with Crippen LogP contribution >= 0.6 is 31.9 Å². The van der Waals surface area contributed by atoms with Crippen molar-refractivity contribution >= 4 is 41.9 Å². The summed E-state index contributed by atoms with van der Waals surface area (Å²) < 4.78 is 25.0. The van der Waals surface area contributed by atoms with Crippen LogP contribution in [0.5, 0.6) is 0 Å². The average Bonchev–Trinajstić information content (AvgIpc) is 2.37. The largest absolute Gasteiger partial charge is 0.213 e. The SMILES string of the molecule is CCCC(CBr)(CBr)CC1CCCN(S(C)(=O)=O)C1. The molecule has 1 rings (SSSR count). The Morgan fingerprint density at radius 1 is 1.32 bits per heavy atom. The fraction of sp³-hybridized carbons (Fsp3) is 1.00. The van der Waals surface area contributed by atoms with E-state index in [0.717, 1.165) is 29.9 Å². The lowest BCUT2D eigenvalue weighted by Gasteiger charge is -2.38. The first kappa shape index (κ1) is 17.9. The number of rotatable bonds is 7. The highest BCUT2D eigenvalue weighted by atomic mass is 79.9. The van der Waals surface area contributed by atoms with Gasteiger partial charge < -0.3 is 0 Å². The minimum atomic E-state index is -3.03. The van der Waals surface area contributed by atoms with E-state index in [1.165, 1.54) is 19.1 Å². The molecule has 0 N–H and O–H groups in total. The Kier molecular flexibility index (Phi) is 7.32. The Morgan fingerprint density at radius 2 is 1.95 bits per heavy atom. The lowest BCUT2D eigenvalue weighted by Crippen LogP contribution is -2.41. The second-order valence-corrected chi connectivity index (χ2v) is 8.95. The van der Waals surface area contributed by atoms with E-state index < -0.39 is 10.0 Å². The first-order valence-electron chi connectivity index (χ1n) is 6.94. The van der Waals surface area contributed by atoms with Crippen LogP contribution in [-0.2, 0) is 10.0 Å². The third kappa shape index (κ3) is 5.29. The number of halogens is 2. The smallest absolute Gasteiger partial charge is 0.211 e. The van der Waals surface area contributed by atoms with Crippen molar-refractivity contribution in [3.63, 3.8) is 0 Å². The molecule has 1 aliphatic rings. The topological polar surface area (TPSA) is 37.4 Å². The molecule has 1 aliphatic heterocycles. The molecule has 0 spiro atoms. The van der Waals surface area contributed by atoms with Crippen molar-refractivity contribution in [2.75, 3.05) is 30.0 Å². The predicted molar refractivity (Wildman–Crippen MR) is 88.7 cm³/mol. The van der Waals surface area contributed by atoms with Crippen molar-refractivity contribution in [2.45, 2.75) is 39.0 Å². The van der Waals surface area contributed by atoms with Crippen LogP contribution in [0, 0.1) is 11.3 Å². The number of alkyl halides is 2. The van der Waals surface area contributed by atoms with Gasteiger partial charge in [-0.15, -0.1) is 0 Å². The lowest BCUT2D eigenvalue weighted by atomic mass is 9.77. The van der Waals surface area contributed by atoms with Crippen molar-refractivity contribution in [1.82, 2.24) is 4.31 Å². The van der Waals surface area contributed by atoms with Gasteiger partial charge in [0.25, 0.3) is 0 Å². The number of hydrogen-bond acceptors (Lipinski definition) is 2. The van der Waals surface area contributed by atoms with Gasteiger partial charge in [0.15, 0.2) is 0 Å². The molecule has 1 atom stereocenters. The van der Waals surface area contributed by atoms with Crippen LogP contribution in [0.25, 0.3) is 0 Å². The molecule has 0 aromatic carbocycles. The van der Waals surface area contributed by atoms with Crippen LogP contribution in [0.15, 0.2) is 0 Å². The van der Waals surface area contributed by atoms with Gasteiger partial charge in [-0.25, -0.2) is 12.7 Å². The molecule has 3 nitrogen and oxygen atoms in total. The Morgan fingerprint density at radius 3 is 2.42 bits per heavy atom. The van der Waals surface area contributed by atoms with Crippen molar-refractivity contribution in [3.05, 3.63) is 0 Å². The number of piperidine rings is 1. The van der Waals surface area contributed by atoms with Crippen LogP contribution < -0.4 is 0 Å². The second-order valence-electron chi connectivity index (χ2n) is 5.85. The van der Waals surface area contributed by atoms with Crippen LogP contribution in [0.4, 0.5) is 0 Å². The zero-order valence-corrected chi connectivity index (χ0v) is 15.9. The van der Waals surface area contributed by atoms with E-state index in [9.17, 15) is 8.42 Å². The monoisotopic (exact) mass is 417 g/mol. The summed E-state index contributed by atoms with van der Waals surface area (Å²) >= 11 is 7.31. The van der Waals surface area contributed by atoms with E-state index in [0.29, 0.717) is 19.0 Å². The summed E-state index contributed by atoms with van der Waals surface area (Å²) in [7, 11) is -3.03. The molecule has 19 heavy (non-hydrogen) atoms. The van der Waals surface area contributed by atoms with Crippen molar-refractivity contribution < 1.29 is 8.42 Å². The van der Waals surface area contributed by atoms with Crippen LogP contribution in [-0.4, -0.2) is 42.7 Å². The third-order valence-electron chi connectivity index (χ3n) is 4.02. The molecular weight excluding hydrogens is 394 g/mol. The Labute approximate surface area is 134 Å². The van der Waals surface area contributed by atoms with Gasteiger partial charge in [-0.2, -0.15) is 0 Å². The maximum Gasteiger partial charge on any atom is 0.211 e. The first-order valence-corrected chi connectivity index (χ1v) is 11.0. The number of sulfonamides is 1. The van der Waals surface area contributed by atoms with E-state index in [-0.39, 0.29) is 5.41 Å². The zero-order valence-electron chi connectivity index (χ0n) is 11.9. The van der Waals surface area contributed by atoms with Gasteiger partial charge >= 0.3 is 0 Å². The van der Waals surface area contributed by atoms with Crippen molar-refractivity contribution in [3.8, 4) is 0 Å². The molecular formula is C13H25Br2NO2S. The summed E-state index contributed by atoms with van der Waals surface area (Å²) in [6, 6.07) is 0. The molecule has 0 aromatic heterocycles. The Bertz CT molecular complexity index is 369. The Balaban J connectivity index is 2.69. The summed E-state index contributed by atoms with van der Waals surface area (Å²) in [5.41, 5.74) is 0.264. The van der Waals surface area contributed by atoms with Gasteiger partial charge in [-0.3, -0.25) is 0 Å². The fourth-order valence-corrected chi connectivity index (χ4v) is 5.91. The molecule has 1 saturated heterocycles. The third-order valence-corrected chi connectivity index (χ3v) is 7.67. The zero-order chi connectivity index (χ0) is 14.5. The van der Waals surface area contributed by atoms with Gasteiger partial charge in [-0.1, -0.05) is 45.2 Å². The van der Waals surface area contributed by atoms with Gasteiger partial charge in [0.05, 0.1) is 6.26 Å². The normalized spacial score (nSPS) is 22.6. The molecule has 0 saturated carbocycles. The highest BCUT2D eigenvalue weighted by Gasteiger charge is 2.34. The first-order chi connectivity index (χ1) is 8.87. The van der Waals surface area contributed by atoms with Crippen molar-refractivity contribution in [2.24, 2.45) is 11.3 Å². The lowest BCUT2D eigenvalue weighted by molar-refractivity contribution is 0.189. The molecule has 0 amide bonds. The van der Waals surface area contributed by atoms with Gasteiger partial charge in [0.1, 0.15) is 0 Å². The summed E-state index contributed by atoms with van der Waals surface area (Å²) in [4.78, 5) is 0. The molecule has 1 fully saturated rings. The highest BCUT2D eigenvalue weighted by molar-refractivity contribution is 9.09. The summed E-state index contributed by atoms with van der Waals surface area (Å²) in [6.45, 7) is 3.60. The van der Waals surface area contributed by atoms with Crippen LogP contribution in [0.2, 0.25) is 0 Å². The number of nitrogens with zero attached hydrogens (tertiary/aromatic N) is 1. The summed E-state index contributed by atoms with van der Waals surface area (Å²) in [5.74, 6) is 0.491. The second kappa shape index (κ2) is 7.76. The van der Waals surface area contributed by atoms with E-state index in [1.807, 2.05) is 0 Å². The van der Waals surface area contributed by atoms with Gasteiger partial charge in [0, 0.05) is 23.7 Å². The molecule has 1 unspecified atom stereocenters. The molecule has 0 bridgehead atoms. The average molecular weight is 419 g/mol. The minimum absolute atomic E-state index is 0.264. The van der Waals surface area contributed by atoms with Crippen LogP contribution in [0.1, 0.15) is 39.0 Å². The Hall–Kier alpha value is 0.870. The summed E-state index contributed by atoms with van der Waals surface area (Å²) in [6.07, 6.45) is 6.91. The maximum atomic E-state index is 11.7. The number of hydrogen-bond donors (Lipinski definition) is 0. The van der Waals surface area contributed by atoms with E-state index in [2.05, 4.69) is 38.8 Å². The standard InChI is InChI=1S/C13H25Br2NO2S/c1-3-6-13(10-14,11-15)8-12-5-4-7-16(9-12)19(2,17)18/h12H,3-11H2,1-2H3. The maximum absolute atomic E-state index is 11.7. The fourth-order valence-electron chi connectivity index (χ4n) is 3.02. The van der Waals surface area contributed by atoms with Crippen LogP contribution in [0.3, 0.4) is 0 Å². The molecule has 114 valence electrons. The highest BCUT2D eigenvalue weighted by Crippen LogP contribution is 2.38. The van der Waals surface area contributed by atoms with E-state index in [4.69, 9.17) is 0 Å². The molecule has 6 heteroatoms. The minimum Gasteiger partial charge on any atom is -0.213 e. The quantitative estimate of drug-likeness (QED) is 0.592. The molecule has 0 radical (unpaired) electrons.